The molecule has 0 saturated carbocycles. The molecule has 0 bridgehead atoms. The van der Waals surface area contributed by atoms with Crippen LogP contribution in [0.5, 0.6) is 5.75 Å². The van der Waals surface area contributed by atoms with Crippen molar-refractivity contribution in [2.75, 3.05) is 12.0 Å². The maximum Gasteiger partial charge on any atom is 0.146 e. The molecule has 1 aromatic heterocycles. The van der Waals surface area contributed by atoms with E-state index in [1.807, 2.05) is 42.5 Å². The predicted molar refractivity (Wildman–Crippen MR) is 86.9 cm³/mol. The van der Waals surface area contributed by atoms with Crippen molar-refractivity contribution in [1.82, 2.24) is 4.98 Å². The standard InChI is InChI=1S/C17H21N3O/c1-2-3-6-13-21-16-10-8-15(9-11-16)14-19-20-17-7-4-5-12-18-17/h4-5,7-12,14H,2-3,6,13H2,1H3,(H,18,20)/b19-14+. The normalized spacial score (nSPS) is 10.7. The van der Waals surface area contributed by atoms with Crippen molar-refractivity contribution in [3.63, 3.8) is 0 Å². The maximum absolute atomic E-state index is 5.67. The summed E-state index contributed by atoms with van der Waals surface area (Å²) in [6, 6.07) is 13.5. The molecular formula is C17H21N3O. The van der Waals surface area contributed by atoms with E-state index in [-0.39, 0.29) is 0 Å². The molecule has 21 heavy (non-hydrogen) atoms. The lowest BCUT2D eigenvalue weighted by atomic mass is 10.2. The van der Waals surface area contributed by atoms with Gasteiger partial charge in [-0.2, -0.15) is 5.10 Å². The third kappa shape index (κ3) is 5.65. The van der Waals surface area contributed by atoms with Gasteiger partial charge in [0.25, 0.3) is 0 Å². The van der Waals surface area contributed by atoms with Crippen molar-refractivity contribution in [3.8, 4) is 5.75 Å². The summed E-state index contributed by atoms with van der Waals surface area (Å²) in [4.78, 5) is 4.13. The highest BCUT2D eigenvalue weighted by Crippen LogP contribution is 2.12. The highest BCUT2D eigenvalue weighted by Gasteiger charge is 1.94. The van der Waals surface area contributed by atoms with E-state index in [4.69, 9.17) is 4.74 Å². The molecule has 0 aliphatic rings. The topological polar surface area (TPSA) is 46.5 Å². The predicted octanol–water partition coefficient (Wildman–Crippen LogP) is 4.10. The van der Waals surface area contributed by atoms with Crippen molar-refractivity contribution in [1.29, 1.82) is 0 Å². The van der Waals surface area contributed by atoms with Crippen LogP contribution < -0.4 is 10.2 Å². The number of pyridine rings is 1. The summed E-state index contributed by atoms with van der Waals surface area (Å²) in [5.74, 6) is 1.63. The molecule has 1 aromatic carbocycles. The number of nitrogens with one attached hydrogen (secondary N) is 1. The molecule has 0 amide bonds. The van der Waals surface area contributed by atoms with Crippen LogP contribution in [0.4, 0.5) is 5.82 Å². The van der Waals surface area contributed by atoms with Crippen LogP contribution in [0, 0.1) is 0 Å². The van der Waals surface area contributed by atoms with Crippen molar-refractivity contribution in [3.05, 3.63) is 54.2 Å². The van der Waals surface area contributed by atoms with Crippen LogP contribution in [0.1, 0.15) is 31.7 Å². The Balaban J connectivity index is 1.79. The van der Waals surface area contributed by atoms with Crippen LogP contribution >= 0.6 is 0 Å². The molecule has 0 spiro atoms. The lowest BCUT2D eigenvalue weighted by Crippen LogP contribution is -1.97. The van der Waals surface area contributed by atoms with Gasteiger partial charge >= 0.3 is 0 Å². The first-order valence-electron chi connectivity index (χ1n) is 7.31. The van der Waals surface area contributed by atoms with E-state index in [0.717, 1.165) is 30.2 Å². The summed E-state index contributed by atoms with van der Waals surface area (Å²) in [6.07, 6.45) is 7.01. The van der Waals surface area contributed by atoms with Crippen LogP contribution in [-0.4, -0.2) is 17.8 Å². The molecule has 0 atom stereocenters. The van der Waals surface area contributed by atoms with Crippen molar-refractivity contribution in [2.45, 2.75) is 26.2 Å². The van der Waals surface area contributed by atoms with E-state index in [2.05, 4.69) is 22.4 Å². The number of unbranched alkanes of at least 4 members (excludes halogenated alkanes) is 2. The Morgan fingerprint density at radius 1 is 1.14 bits per heavy atom. The molecule has 0 unspecified atom stereocenters. The van der Waals surface area contributed by atoms with Gasteiger partial charge in [-0.15, -0.1) is 0 Å². The Kier molecular flexibility index (Phi) is 6.26. The average molecular weight is 283 g/mol. The zero-order valence-electron chi connectivity index (χ0n) is 12.3. The summed E-state index contributed by atoms with van der Waals surface area (Å²) in [7, 11) is 0. The third-order valence-electron chi connectivity index (χ3n) is 2.95. The van der Waals surface area contributed by atoms with Crippen molar-refractivity contribution >= 4 is 12.0 Å². The summed E-state index contributed by atoms with van der Waals surface area (Å²) < 4.78 is 5.67. The summed E-state index contributed by atoms with van der Waals surface area (Å²) in [5.41, 5.74) is 3.90. The second kappa shape index (κ2) is 8.74. The highest BCUT2D eigenvalue weighted by atomic mass is 16.5. The Morgan fingerprint density at radius 3 is 2.71 bits per heavy atom. The quantitative estimate of drug-likeness (QED) is 0.451. The SMILES string of the molecule is CCCCCOc1ccc(/C=N/Nc2ccccn2)cc1. The van der Waals surface area contributed by atoms with Gasteiger partial charge < -0.3 is 4.74 Å². The van der Waals surface area contributed by atoms with Gasteiger partial charge in [0.2, 0.25) is 0 Å². The van der Waals surface area contributed by atoms with Gasteiger partial charge in [-0.05, 0) is 48.4 Å². The first-order valence-corrected chi connectivity index (χ1v) is 7.31. The monoisotopic (exact) mass is 283 g/mol. The van der Waals surface area contributed by atoms with Crippen LogP contribution in [0.2, 0.25) is 0 Å². The molecule has 4 heteroatoms. The number of rotatable bonds is 8. The number of aromatic nitrogens is 1. The number of hydrogen-bond donors (Lipinski definition) is 1. The van der Waals surface area contributed by atoms with E-state index in [1.54, 1.807) is 12.4 Å². The second-order valence-corrected chi connectivity index (χ2v) is 4.71. The zero-order chi connectivity index (χ0) is 14.8. The van der Waals surface area contributed by atoms with E-state index < -0.39 is 0 Å². The first-order chi connectivity index (χ1) is 10.4. The Labute approximate surface area is 125 Å². The molecular weight excluding hydrogens is 262 g/mol. The first kappa shape index (κ1) is 15.0. The van der Waals surface area contributed by atoms with Crippen molar-refractivity contribution < 1.29 is 4.74 Å². The maximum atomic E-state index is 5.67. The second-order valence-electron chi connectivity index (χ2n) is 4.71. The van der Waals surface area contributed by atoms with Crippen molar-refractivity contribution in [2.24, 2.45) is 5.10 Å². The molecule has 4 nitrogen and oxygen atoms in total. The lowest BCUT2D eigenvalue weighted by Gasteiger charge is -2.05. The molecule has 0 aliphatic heterocycles. The number of benzene rings is 1. The fourth-order valence-corrected chi connectivity index (χ4v) is 1.79. The Morgan fingerprint density at radius 2 is 2.00 bits per heavy atom. The molecule has 0 radical (unpaired) electrons. The summed E-state index contributed by atoms with van der Waals surface area (Å²) in [5, 5.41) is 4.15. The molecule has 2 rings (SSSR count). The minimum absolute atomic E-state index is 0.727. The fourth-order valence-electron chi connectivity index (χ4n) is 1.79. The van der Waals surface area contributed by atoms with Gasteiger partial charge in [-0.25, -0.2) is 4.98 Å². The zero-order valence-corrected chi connectivity index (χ0v) is 12.3. The van der Waals surface area contributed by atoms with Crippen LogP contribution in [-0.2, 0) is 0 Å². The number of hydrazone groups is 1. The third-order valence-corrected chi connectivity index (χ3v) is 2.95. The number of hydrogen-bond acceptors (Lipinski definition) is 4. The minimum Gasteiger partial charge on any atom is -0.494 e. The summed E-state index contributed by atoms with van der Waals surface area (Å²) >= 11 is 0. The van der Waals surface area contributed by atoms with Gasteiger partial charge in [0, 0.05) is 6.20 Å². The van der Waals surface area contributed by atoms with Gasteiger partial charge in [0.05, 0.1) is 12.8 Å². The molecule has 1 N–H and O–H groups in total. The smallest absolute Gasteiger partial charge is 0.146 e. The molecule has 1 heterocycles. The van der Waals surface area contributed by atoms with E-state index in [0.29, 0.717) is 0 Å². The van der Waals surface area contributed by atoms with E-state index >= 15 is 0 Å². The number of nitrogens with zero attached hydrogens (tertiary/aromatic N) is 2. The van der Waals surface area contributed by atoms with Crippen LogP contribution in [0.25, 0.3) is 0 Å². The van der Waals surface area contributed by atoms with E-state index in [1.165, 1.54) is 12.8 Å². The van der Waals surface area contributed by atoms with Gasteiger partial charge in [-0.3, -0.25) is 5.43 Å². The number of anilines is 1. The van der Waals surface area contributed by atoms with Gasteiger partial charge in [0.1, 0.15) is 11.6 Å². The molecule has 110 valence electrons. The fraction of sp³-hybridized carbons (Fsp3) is 0.294. The average Bonchev–Trinajstić information content (AvgIpc) is 2.54. The van der Waals surface area contributed by atoms with E-state index in [9.17, 15) is 0 Å². The minimum atomic E-state index is 0.727. The van der Waals surface area contributed by atoms with Gasteiger partial charge in [0.15, 0.2) is 0 Å². The Hall–Kier alpha value is -2.36. The molecule has 2 aromatic rings. The molecule has 0 saturated heterocycles. The Bertz CT molecular complexity index is 538. The summed E-state index contributed by atoms with van der Waals surface area (Å²) in [6.45, 7) is 2.97. The molecule has 0 aliphatic carbocycles. The van der Waals surface area contributed by atoms with Crippen LogP contribution in [0.3, 0.4) is 0 Å². The largest absolute Gasteiger partial charge is 0.494 e. The number of ether oxygens (including phenoxy) is 1. The molecule has 0 fully saturated rings. The lowest BCUT2D eigenvalue weighted by molar-refractivity contribution is 0.306. The highest BCUT2D eigenvalue weighted by molar-refractivity contribution is 5.80. The van der Waals surface area contributed by atoms with Gasteiger partial charge in [-0.1, -0.05) is 25.8 Å². The van der Waals surface area contributed by atoms with Crippen LogP contribution in [0.15, 0.2) is 53.8 Å².